The van der Waals surface area contributed by atoms with Gasteiger partial charge in [-0.15, -0.1) is 11.3 Å². The van der Waals surface area contributed by atoms with Crippen LogP contribution in [0.25, 0.3) is 69.9 Å². The minimum Gasteiger partial charge on any atom is -0.308 e. The Labute approximate surface area is 238 Å². The maximum absolute atomic E-state index is 3.56. The molecule has 184 valence electrons. The molecule has 0 aliphatic carbocycles. The van der Waals surface area contributed by atoms with Crippen LogP contribution in [0, 0.1) is 0 Å². The Kier molecular flexibility index (Phi) is 5.22. The van der Waals surface area contributed by atoms with Crippen LogP contribution in [0.4, 0.5) is 0 Å². The largest absolute Gasteiger partial charge is 0.308 e. The van der Waals surface area contributed by atoms with Crippen LogP contribution in [0.1, 0.15) is 0 Å². The molecule has 1 nitrogen and oxygen atoms in total. The maximum atomic E-state index is 3.56. The third-order valence-electron chi connectivity index (χ3n) is 7.67. The number of halogens is 1. The fourth-order valence-corrected chi connectivity index (χ4v) is 7.31. The highest BCUT2D eigenvalue weighted by Crippen LogP contribution is 2.41. The van der Waals surface area contributed by atoms with Gasteiger partial charge in [-0.3, -0.25) is 0 Å². The molecule has 0 bridgehead atoms. The van der Waals surface area contributed by atoms with Crippen molar-refractivity contribution in [3.63, 3.8) is 0 Å². The van der Waals surface area contributed by atoms with E-state index in [2.05, 4.69) is 154 Å². The van der Waals surface area contributed by atoms with Crippen molar-refractivity contribution in [2.75, 3.05) is 0 Å². The van der Waals surface area contributed by atoms with Crippen LogP contribution >= 0.6 is 27.3 Å². The molecule has 0 radical (unpaired) electrons. The van der Waals surface area contributed by atoms with Gasteiger partial charge in [0.1, 0.15) is 0 Å². The molecule has 2 heterocycles. The predicted octanol–water partition coefficient (Wildman–Crippen LogP) is 11.2. The third-order valence-corrected chi connectivity index (χ3v) is 9.41. The molecule has 8 aromatic rings. The number of nitrogens with zero attached hydrogens (tertiary/aromatic N) is 1. The van der Waals surface area contributed by atoms with Crippen LogP contribution in [-0.4, -0.2) is 4.57 Å². The molecule has 0 saturated carbocycles. The van der Waals surface area contributed by atoms with E-state index in [4.69, 9.17) is 0 Å². The van der Waals surface area contributed by atoms with Crippen molar-refractivity contribution in [2.45, 2.75) is 0 Å². The quantitative estimate of drug-likeness (QED) is 0.196. The summed E-state index contributed by atoms with van der Waals surface area (Å²) in [5.74, 6) is 0. The minimum atomic E-state index is 1.09. The number of rotatable bonds is 3. The molecule has 8 rings (SSSR count). The molecule has 0 atom stereocenters. The average Bonchev–Trinajstić information content (AvgIpc) is 3.53. The first-order valence-corrected chi connectivity index (χ1v) is 14.7. The predicted molar refractivity (Wildman–Crippen MR) is 172 cm³/mol. The summed E-state index contributed by atoms with van der Waals surface area (Å²) in [6.07, 6.45) is 0. The summed E-state index contributed by atoms with van der Waals surface area (Å²) in [5, 5.41) is 5.19. The summed E-state index contributed by atoms with van der Waals surface area (Å²) in [6.45, 7) is 0. The van der Waals surface area contributed by atoms with Gasteiger partial charge in [0.25, 0.3) is 0 Å². The summed E-state index contributed by atoms with van der Waals surface area (Å²) in [7, 11) is 0. The van der Waals surface area contributed by atoms with Gasteiger partial charge in [-0.25, -0.2) is 0 Å². The summed E-state index contributed by atoms with van der Waals surface area (Å²) in [6, 6.07) is 48.5. The van der Waals surface area contributed by atoms with Gasteiger partial charge in [-0.05, 0) is 64.7 Å². The van der Waals surface area contributed by atoms with Crippen LogP contribution in [0.2, 0.25) is 0 Å². The Morgan fingerprint density at radius 1 is 0.462 bits per heavy atom. The van der Waals surface area contributed by atoms with Gasteiger partial charge in [-0.1, -0.05) is 107 Å². The number of para-hydroxylation sites is 1. The first-order chi connectivity index (χ1) is 19.2. The molecule has 39 heavy (non-hydrogen) atoms. The number of aromatic nitrogens is 1. The first-order valence-electron chi connectivity index (χ1n) is 13.0. The number of hydrogen-bond acceptors (Lipinski definition) is 1. The fraction of sp³-hybridized carbons (Fsp3) is 0. The van der Waals surface area contributed by atoms with E-state index in [9.17, 15) is 0 Å². The second-order valence-corrected chi connectivity index (χ2v) is 11.9. The lowest BCUT2D eigenvalue weighted by molar-refractivity contribution is 1.20. The van der Waals surface area contributed by atoms with E-state index in [1.807, 2.05) is 11.3 Å². The van der Waals surface area contributed by atoms with Gasteiger partial charge in [0, 0.05) is 30.7 Å². The molecular weight excluding hydrogens is 558 g/mol. The normalized spacial score (nSPS) is 11.7. The average molecular weight is 581 g/mol. The van der Waals surface area contributed by atoms with Crippen molar-refractivity contribution in [3.8, 4) is 27.9 Å². The van der Waals surface area contributed by atoms with E-state index in [1.165, 1.54) is 69.9 Å². The molecule has 3 heteroatoms. The molecule has 0 spiro atoms. The zero-order valence-corrected chi connectivity index (χ0v) is 23.3. The molecule has 2 aromatic heterocycles. The highest BCUT2D eigenvalue weighted by atomic mass is 79.9. The van der Waals surface area contributed by atoms with E-state index < -0.39 is 0 Å². The van der Waals surface area contributed by atoms with Gasteiger partial charge in [0.15, 0.2) is 0 Å². The van der Waals surface area contributed by atoms with Gasteiger partial charge in [0.05, 0.1) is 21.4 Å². The van der Waals surface area contributed by atoms with Gasteiger partial charge >= 0.3 is 0 Å². The van der Waals surface area contributed by atoms with E-state index in [1.54, 1.807) is 0 Å². The molecule has 0 fully saturated rings. The van der Waals surface area contributed by atoms with Crippen molar-refractivity contribution in [1.82, 2.24) is 4.57 Å². The van der Waals surface area contributed by atoms with E-state index in [0.29, 0.717) is 0 Å². The number of hydrogen-bond donors (Lipinski definition) is 0. The van der Waals surface area contributed by atoms with Crippen molar-refractivity contribution in [3.05, 3.63) is 138 Å². The van der Waals surface area contributed by atoms with Crippen molar-refractivity contribution in [2.24, 2.45) is 0 Å². The SMILES string of the molecule is Brc1ccc(-c2cccc(-c3ccc4c5ccccc5n(-c5cccc6c5sc5ccccc56)c4c3)c2)cc1. The van der Waals surface area contributed by atoms with Crippen LogP contribution in [0.3, 0.4) is 0 Å². The van der Waals surface area contributed by atoms with Crippen LogP contribution in [-0.2, 0) is 0 Å². The lowest BCUT2D eigenvalue weighted by Gasteiger charge is -2.11. The lowest BCUT2D eigenvalue weighted by atomic mass is 9.98. The van der Waals surface area contributed by atoms with E-state index in [0.717, 1.165) is 4.47 Å². The minimum absolute atomic E-state index is 1.09. The Balaban J connectivity index is 1.38. The maximum Gasteiger partial charge on any atom is 0.0640 e. The first kappa shape index (κ1) is 22.8. The number of fused-ring (bicyclic) bond motifs is 6. The number of benzene rings is 6. The Morgan fingerprint density at radius 3 is 1.97 bits per heavy atom. The van der Waals surface area contributed by atoms with Crippen LogP contribution in [0.5, 0.6) is 0 Å². The highest BCUT2D eigenvalue weighted by Gasteiger charge is 2.17. The molecule has 6 aromatic carbocycles. The molecule has 0 unspecified atom stereocenters. The molecule has 0 amide bonds. The van der Waals surface area contributed by atoms with Gasteiger partial charge in [0.2, 0.25) is 0 Å². The second-order valence-electron chi connectivity index (χ2n) is 9.92. The third kappa shape index (κ3) is 3.65. The summed E-state index contributed by atoms with van der Waals surface area (Å²) in [5.41, 5.74) is 8.57. The number of thiophene rings is 1. The zero-order chi connectivity index (χ0) is 25.9. The molecule has 0 saturated heterocycles. The summed E-state index contributed by atoms with van der Waals surface area (Å²) in [4.78, 5) is 0. The highest BCUT2D eigenvalue weighted by molar-refractivity contribution is 9.10. The molecular formula is C36H22BrNS. The van der Waals surface area contributed by atoms with Crippen LogP contribution in [0.15, 0.2) is 138 Å². The van der Waals surface area contributed by atoms with Crippen molar-refractivity contribution < 1.29 is 0 Å². The standard InChI is InChI=1S/C36H22BrNS/c37-27-18-15-23(16-19-27)24-7-5-8-25(21-24)26-17-20-29-28-9-1-3-12-32(28)38(34(29)22-26)33-13-6-11-31-30-10-2-4-14-35(30)39-36(31)33/h1-22H. The monoisotopic (exact) mass is 579 g/mol. The fourth-order valence-electron chi connectivity index (χ4n) is 5.84. The van der Waals surface area contributed by atoms with E-state index >= 15 is 0 Å². The second kappa shape index (κ2) is 8.94. The Hall–Kier alpha value is -4.18. The summed E-state index contributed by atoms with van der Waals surface area (Å²) >= 11 is 5.44. The van der Waals surface area contributed by atoms with Crippen molar-refractivity contribution >= 4 is 69.2 Å². The molecule has 0 N–H and O–H groups in total. The zero-order valence-electron chi connectivity index (χ0n) is 20.9. The Morgan fingerprint density at radius 2 is 1.10 bits per heavy atom. The molecule has 0 aliphatic rings. The van der Waals surface area contributed by atoms with Gasteiger partial charge < -0.3 is 4.57 Å². The molecule has 0 aliphatic heterocycles. The van der Waals surface area contributed by atoms with Crippen molar-refractivity contribution in [1.29, 1.82) is 0 Å². The van der Waals surface area contributed by atoms with Gasteiger partial charge in [-0.2, -0.15) is 0 Å². The summed E-state index contributed by atoms with van der Waals surface area (Å²) < 4.78 is 6.20. The van der Waals surface area contributed by atoms with E-state index in [-0.39, 0.29) is 0 Å². The lowest BCUT2D eigenvalue weighted by Crippen LogP contribution is -1.94. The smallest absolute Gasteiger partial charge is 0.0640 e. The Bertz CT molecular complexity index is 2180. The topological polar surface area (TPSA) is 4.93 Å². The van der Waals surface area contributed by atoms with Crippen LogP contribution < -0.4 is 0 Å².